The van der Waals surface area contributed by atoms with Crippen LogP contribution in [0.5, 0.6) is 0 Å². The summed E-state index contributed by atoms with van der Waals surface area (Å²) in [7, 11) is 0. The maximum absolute atomic E-state index is 13.1. The summed E-state index contributed by atoms with van der Waals surface area (Å²) >= 11 is 0. The second-order valence-electron chi connectivity index (χ2n) is 6.11. The fraction of sp³-hybridized carbons (Fsp3) is 0.316. The van der Waals surface area contributed by atoms with Crippen molar-refractivity contribution in [3.05, 3.63) is 60.3 Å². The van der Waals surface area contributed by atoms with E-state index in [-0.39, 0.29) is 11.7 Å². The molecule has 1 aromatic carbocycles. The van der Waals surface area contributed by atoms with Crippen LogP contribution in [0.25, 0.3) is 0 Å². The number of piperazine rings is 1. The van der Waals surface area contributed by atoms with Crippen molar-refractivity contribution in [1.29, 1.82) is 0 Å². The Balaban J connectivity index is 1.65. The highest BCUT2D eigenvalue weighted by molar-refractivity contribution is 5.93. The highest BCUT2D eigenvalue weighted by atomic mass is 19.1. The lowest BCUT2D eigenvalue weighted by Crippen LogP contribution is -2.49. The van der Waals surface area contributed by atoms with Crippen molar-refractivity contribution in [2.24, 2.45) is 0 Å². The number of carbonyl (C=O) groups excluding carboxylic acids is 1. The van der Waals surface area contributed by atoms with E-state index in [4.69, 9.17) is 0 Å². The minimum absolute atomic E-state index is 0.101. The van der Waals surface area contributed by atoms with E-state index >= 15 is 0 Å². The molecule has 1 amide bonds. The molecule has 0 bridgehead atoms. The lowest BCUT2D eigenvalue weighted by atomic mass is 10.2. The quantitative estimate of drug-likeness (QED) is 0.835. The summed E-state index contributed by atoms with van der Waals surface area (Å²) in [6, 6.07) is 8.10. The van der Waals surface area contributed by atoms with Gasteiger partial charge in [-0.25, -0.2) is 14.4 Å². The molecule has 1 saturated heterocycles. The molecule has 0 spiro atoms. The first-order valence-corrected chi connectivity index (χ1v) is 8.57. The van der Waals surface area contributed by atoms with Gasteiger partial charge in [-0.3, -0.25) is 4.79 Å². The zero-order valence-corrected chi connectivity index (χ0v) is 14.8. The molecule has 3 rings (SSSR count). The molecule has 1 N–H and O–H groups in total. The second-order valence-corrected chi connectivity index (χ2v) is 6.11. The number of amides is 1. The van der Waals surface area contributed by atoms with Crippen LogP contribution in [0, 0.1) is 12.7 Å². The first kappa shape index (κ1) is 17.8. The van der Waals surface area contributed by atoms with Crippen LogP contribution in [-0.4, -0.2) is 53.5 Å². The van der Waals surface area contributed by atoms with Crippen LogP contribution in [0.3, 0.4) is 0 Å². The van der Waals surface area contributed by atoms with Gasteiger partial charge in [0, 0.05) is 44.5 Å². The average Bonchev–Trinajstić information content (AvgIpc) is 2.66. The third-order valence-electron chi connectivity index (χ3n) is 4.24. The van der Waals surface area contributed by atoms with Crippen LogP contribution in [0.4, 0.5) is 15.9 Å². The van der Waals surface area contributed by atoms with Crippen molar-refractivity contribution in [3.63, 3.8) is 0 Å². The number of benzene rings is 1. The van der Waals surface area contributed by atoms with Gasteiger partial charge in [0.2, 0.25) is 0 Å². The second kappa shape index (κ2) is 7.95. The van der Waals surface area contributed by atoms with Gasteiger partial charge in [-0.15, -0.1) is 6.58 Å². The Morgan fingerprint density at radius 1 is 1.23 bits per heavy atom. The van der Waals surface area contributed by atoms with Crippen molar-refractivity contribution in [1.82, 2.24) is 14.9 Å². The van der Waals surface area contributed by atoms with E-state index < -0.39 is 0 Å². The first-order chi connectivity index (χ1) is 12.6. The Hall–Kier alpha value is -2.96. The SMILES string of the molecule is C=CCNc1cc(C(=O)N2CCN(c3ccc(F)cc3)CC2)nc(C)n1. The highest BCUT2D eigenvalue weighted by Crippen LogP contribution is 2.18. The predicted molar refractivity (Wildman–Crippen MR) is 100.0 cm³/mol. The zero-order valence-electron chi connectivity index (χ0n) is 14.8. The first-order valence-electron chi connectivity index (χ1n) is 8.57. The fourth-order valence-electron chi connectivity index (χ4n) is 2.93. The normalized spacial score (nSPS) is 14.2. The third-order valence-corrected chi connectivity index (χ3v) is 4.24. The number of nitrogens with one attached hydrogen (secondary N) is 1. The van der Waals surface area contributed by atoms with Crippen LogP contribution in [0.2, 0.25) is 0 Å². The minimum atomic E-state index is -0.248. The van der Waals surface area contributed by atoms with Crippen LogP contribution in [-0.2, 0) is 0 Å². The van der Waals surface area contributed by atoms with Gasteiger partial charge in [-0.1, -0.05) is 6.08 Å². The van der Waals surface area contributed by atoms with Gasteiger partial charge in [0.25, 0.3) is 5.91 Å². The van der Waals surface area contributed by atoms with E-state index in [1.807, 2.05) is 0 Å². The Morgan fingerprint density at radius 3 is 2.58 bits per heavy atom. The third kappa shape index (κ3) is 4.17. The predicted octanol–water partition coefficient (Wildman–Crippen LogP) is 2.48. The molecule has 1 fully saturated rings. The number of aryl methyl sites for hydroxylation is 1. The lowest BCUT2D eigenvalue weighted by molar-refractivity contribution is 0.0740. The molecule has 1 aromatic heterocycles. The molecule has 7 heteroatoms. The molecular weight excluding hydrogens is 333 g/mol. The molecule has 26 heavy (non-hydrogen) atoms. The lowest BCUT2D eigenvalue weighted by Gasteiger charge is -2.36. The van der Waals surface area contributed by atoms with E-state index in [1.165, 1.54) is 12.1 Å². The molecule has 1 aliphatic heterocycles. The molecule has 2 aromatic rings. The minimum Gasteiger partial charge on any atom is -0.368 e. The van der Waals surface area contributed by atoms with Crippen LogP contribution in [0.1, 0.15) is 16.3 Å². The molecule has 0 radical (unpaired) electrons. The van der Waals surface area contributed by atoms with E-state index in [2.05, 4.69) is 26.8 Å². The zero-order chi connectivity index (χ0) is 18.5. The van der Waals surface area contributed by atoms with Gasteiger partial charge >= 0.3 is 0 Å². The molecule has 6 nitrogen and oxygen atoms in total. The van der Waals surface area contributed by atoms with Gasteiger partial charge in [-0.05, 0) is 31.2 Å². The monoisotopic (exact) mass is 355 g/mol. The van der Waals surface area contributed by atoms with E-state index in [9.17, 15) is 9.18 Å². The van der Waals surface area contributed by atoms with Crippen LogP contribution < -0.4 is 10.2 Å². The summed E-state index contributed by atoms with van der Waals surface area (Å²) in [6.07, 6.45) is 1.73. The Kier molecular flexibility index (Phi) is 5.46. The van der Waals surface area contributed by atoms with Gasteiger partial charge in [0.15, 0.2) is 0 Å². The topological polar surface area (TPSA) is 61.4 Å². The van der Waals surface area contributed by atoms with Gasteiger partial charge < -0.3 is 15.1 Å². The Bertz CT molecular complexity index is 785. The maximum atomic E-state index is 13.1. The number of carbonyl (C=O) groups is 1. The van der Waals surface area contributed by atoms with Crippen LogP contribution >= 0.6 is 0 Å². The summed E-state index contributed by atoms with van der Waals surface area (Å²) in [4.78, 5) is 25.3. The summed E-state index contributed by atoms with van der Waals surface area (Å²) in [5.74, 6) is 0.816. The highest BCUT2D eigenvalue weighted by Gasteiger charge is 2.24. The Labute approximate surface area is 152 Å². The number of halogens is 1. The largest absolute Gasteiger partial charge is 0.368 e. The number of aromatic nitrogens is 2. The number of hydrogen-bond acceptors (Lipinski definition) is 5. The molecule has 1 aliphatic rings. The summed E-state index contributed by atoms with van der Waals surface area (Å²) < 4.78 is 13.1. The van der Waals surface area contributed by atoms with Crippen molar-refractivity contribution in [3.8, 4) is 0 Å². The van der Waals surface area contributed by atoms with Gasteiger partial charge in [0.1, 0.15) is 23.2 Å². The molecule has 0 unspecified atom stereocenters. The molecule has 136 valence electrons. The average molecular weight is 355 g/mol. The molecule has 0 saturated carbocycles. The molecule has 0 atom stereocenters. The van der Waals surface area contributed by atoms with Crippen molar-refractivity contribution in [2.75, 3.05) is 42.9 Å². The molecular formula is C19H22FN5O. The van der Waals surface area contributed by atoms with Gasteiger partial charge in [0.05, 0.1) is 0 Å². The van der Waals surface area contributed by atoms with Crippen LogP contribution in [0.15, 0.2) is 43.0 Å². The number of hydrogen-bond donors (Lipinski definition) is 1. The standard InChI is InChI=1S/C19H22FN5O/c1-3-8-21-18-13-17(22-14(2)23-18)19(26)25-11-9-24(10-12-25)16-6-4-15(20)5-7-16/h3-7,13H,1,8-12H2,2H3,(H,21,22,23). The van der Waals surface area contributed by atoms with Crippen molar-refractivity contribution in [2.45, 2.75) is 6.92 Å². The van der Waals surface area contributed by atoms with E-state index in [1.54, 1.807) is 36.1 Å². The summed E-state index contributed by atoms with van der Waals surface area (Å²) in [6.45, 7) is 8.57. The number of anilines is 2. The number of nitrogens with zero attached hydrogens (tertiary/aromatic N) is 4. The van der Waals surface area contributed by atoms with E-state index in [0.717, 1.165) is 5.69 Å². The maximum Gasteiger partial charge on any atom is 0.272 e. The molecule has 0 aliphatic carbocycles. The summed E-state index contributed by atoms with van der Waals surface area (Å²) in [5.41, 5.74) is 1.35. The van der Waals surface area contributed by atoms with Gasteiger partial charge in [-0.2, -0.15) is 0 Å². The van der Waals surface area contributed by atoms with Crippen molar-refractivity contribution < 1.29 is 9.18 Å². The van der Waals surface area contributed by atoms with Crippen molar-refractivity contribution >= 4 is 17.4 Å². The number of rotatable bonds is 5. The van der Waals surface area contributed by atoms with E-state index in [0.29, 0.717) is 50.1 Å². The fourth-order valence-corrected chi connectivity index (χ4v) is 2.93. The summed E-state index contributed by atoms with van der Waals surface area (Å²) in [5, 5.41) is 3.09. The Morgan fingerprint density at radius 2 is 1.92 bits per heavy atom. The smallest absolute Gasteiger partial charge is 0.272 e. The molecule has 2 heterocycles.